The molecule has 31 heavy (non-hydrogen) atoms. The number of rotatable bonds is 6. The molecular formula is C25H21FN2OS2. The number of nitrogens with zero attached hydrogens (tertiary/aromatic N) is 2. The lowest BCUT2D eigenvalue weighted by Gasteiger charge is -2.14. The van der Waals surface area contributed by atoms with Gasteiger partial charge in [-0.05, 0) is 59.8 Å². The van der Waals surface area contributed by atoms with Crippen LogP contribution in [0.1, 0.15) is 5.56 Å². The zero-order valence-corrected chi connectivity index (χ0v) is 18.8. The second-order valence-corrected chi connectivity index (χ2v) is 8.28. The predicted molar refractivity (Wildman–Crippen MR) is 128 cm³/mol. The van der Waals surface area contributed by atoms with Gasteiger partial charge in [0.2, 0.25) is 0 Å². The molecule has 0 aliphatic rings. The van der Waals surface area contributed by atoms with E-state index in [4.69, 9.17) is 22.1 Å². The first kappa shape index (κ1) is 21.3. The molecule has 156 valence electrons. The minimum Gasteiger partial charge on any atom is -0.497 e. The number of benzene rings is 3. The fraction of sp³-hybridized carbons (Fsp3) is 0.120. The normalized spacial score (nSPS) is 10.8. The quantitative estimate of drug-likeness (QED) is 0.238. The standard InChI is InChI=1S/C25H21FN2OS2/c1-29-21-11-3-17(4-12-21)16-28-24(30)15-23(18-5-9-20(26)10-6-18)25(27-28)19-7-13-22(31-2)14-8-19/h3-15H,16H2,1-2H3. The van der Waals surface area contributed by atoms with E-state index in [0.29, 0.717) is 11.2 Å². The van der Waals surface area contributed by atoms with Gasteiger partial charge in [-0.3, -0.25) is 0 Å². The van der Waals surface area contributed by atoms with Crippen molar-refractivity contribution < 1.29 is 9.13 Å². The molecule has 0 N–H and O–H groups in total. The lowest BCUT2D eigenvalue weighted by atomic mass is 10.00. The molecule has 6 heteroatoms. The summed E-state index contributed by atoms with van der Waals surface area (Å²) in [7, 11) is 1.65. The lowest BCUT2D eigenvalue weighted by Crippen LogP contribution is -2.09. The van der Waals surface area contributed by atoms with E-state index in [2.05, 4.69) is 24.3 Å². The summed E-state index contributed by atoms with van der Waals surface area (Å²) in [5, 5.41) is 4.92. The van der Waals surface area contributed by atoms with Crippen LogP contribution in [0.5, 0.6) is 5.75 Å². The van der Waals surface area contributed by atoms with E-state index in [1.165, 1.54) is 17.0 Å². The summed E-state index contributed by atoms with van der Waals surface area (Å²) >= 11 is 7.35. The topological polar surface area (TPSA) is 27.1 Å². The van der Waals surface area contributed by atoms with Crippen LogP contribution in [0.3, 0.4) is 0 Å². The Labute approximate surface area is 190 Å². The van der Waals surface area contributed by atoms with E-state index >= 15 is 0 Å². The number of hydrogen-bond donors (Lipinski definition) is 0. The summed E-state index contributed by atoms with van der Waals surface area (Å²) < 4.78 is 21.2. The molecular weight excluding hydrogens is 427 g/mol. The average molecular weight is 449 g/mol. The molecule has 1 aromatic heterocycles. The van der Waals surface area contributed by atoms with Crippen molar-refractivity contribution in [1.82, 2.24) is 9.78 Å². The molecule has 3 nitrogen and oxygen atoms in total. The Morgan fingerprint density at radius 2 is 1.58 bits per heavy atom. The molecule has 0 bridgehead atoms. The molecule has 0 saturated heterocycles. The van der Waals surface area contributed by atoms with E-state index in [1.807, 2.05) is 41.3 Å². The zero-order chi connectivity index (χ0) is 21.8. The van der Waals surface area contributed by atoms with Crippen molar-refractivity contribution >= 4 is 24.0 Å². The van der Waals surface area contributed by atoms with Crippen LogP contribution in [0, 0.1) is 10.5 Å². The highest BCUT2D eigenvalue weighted by molar-refractivity contribution is 7.98. The van der Waals surface area contributed by atoms with Gasteiger partial charge in [-0.25, -0.2) is 9.07 Å². The fourth-order valence-corrected chi connectivity index (χ4v) is 3.95. The van der Waals surface area contributed by atoms with Gasteiger partial charge in [0.05, 0.1) is 19.3 Å². The molecule has 0 atom stereocenters. The summed E-state index contributed by atoms with van der Waals surface area (Å²) in [6.45, 7) is 0.544. The summed E-state index contributed by atoms with van der Waals surface area (Å²) in [4.78, 5) is 1.18. The van der Waals surface area contributed by atoms with Crippen LogP contribution < -0.4 is 4.74 Å². The highest BCUT2D eigenvalue weighted by Gasteiger charge is 2.13. The van der Waals surface area contributed by atoms with Gasteiger partial charge < -0.3 is 4.74 Å². The van der Waals surface area contributed by atoms with Crippen LogP contribution >= 0.6 is 24.0 Å². The van der Waals surface area contributed by atoms with Gasteiger partial charge in [-0.15, -0.1) is 11.8 Å². The molecule has 3 aromatic carbocycles. The van der Waals surface area contributed by atoms with Gasteiger partial charge in [0.1, 0.15) is 16.2 Å². The van der Waals surface area contributed by atoms with Gasteiger partial charge in [0, 0.05) is 16.0 Å². The van der Waals surface area contributed by atoms with Gasteiger partial charge in [-0.2, -0.15) is 5.10 Å². The third-order valence-corrected chi connectivity index (χ3v) is 6.08. The van der Waals surface area contributed by atoms with Crippen LogP contribution in [-0.4, -0.2) is 23.1 Å². The fourth-order valence-electron chi connectivity index (χ4n) is 3.32. The number of aromatic nitrogens is 2. The molecule has 0 unspecified atom stereocenters. The smallest absolute Gasteiger partial charge is 0.123 e. The minimum absolute atomic E-state index is 0.272. The Kier molecular flexibility index (Phi) is 6.49. The van der Waals surface area contributed by atoms with Crippen molar-refractivity contribution in [1.29, 1.82) is 0 Å². The number of ether oxygens (including phenoxy) is 1. The number of hydrogen-bond acceptors (Lipinski definition) is 4. The van der Waals surface area contributed by atoms with Crippen molar-refractivity contribution in [2.24, 2.45) is 0 Å². The van der Waals surface area contributed by atoms with Crippen LogP contribution in [0.25, 0.3) is 22.4 Å². The maximum absolute atomic E-state index is 13.5. The largest absolute Gasteiger partial charge is 0.497 e. The first-order valence-corrected chi connectivity index (χ1v) is 11.4. The number of methoxy groups -OCH3 is 1. The third-order valence-electron chi connectivity index (χ3n) is 5.01. The molecule has 4 aromatic rings. The Bertz CT molecular complexity index is 1230. The SMILES string of the molecule is COc1ccc(Cn2nc(-c3ccc(SC)cc3)c(-c3ccc(F)cc3)cc2=S)cc1. The first-order valence-electron chi connectivity index (χ1n) is 9.73. The number of halogens is 1. The minimum atomic E-state index is -0.272. The Morgan fingerprint density at radius 3 is 2.19 bits per heavy atom. The Morgan fingerprint density at radius 1 is 0.935 bits per heavy atom. The lowest BCUT2D eigenvalue weighted by molar-refractivity contribution is 0.414. The maximum atomic E-state index is 13.5. The molecule has 0 saturated carbocycles. The average Bonchev–Trinajstić information content (AvgIpc) is 2.81. The van der Waals surface area contributed by atoms with E-state index in [1.54, 1.807) is 31.0 Å². The van der Waals surface area contributed by atoms with E-state index in [0.717, 1.165) is 33.7 Å². The van der Waals surface area contributed by atoms with Crippen molar-refractivity contribution in [3.8, 4) is 28.1 Å². The first-order chi connectivity index (χ1) is 15.1. The van der Waals surface area contributed by atoms with Crippen molar-refractivity contribution in [2.75, 3.05) is 13.4 Å². The number of thioether (sulfide) groups is 1. The molecule has 0 aliphatic carbocycles. The van der Waals surface area contributed by atoms with Gasteiger partial charge >= 0.3 is 0 Å². The van der Waals surface area contributed by atoms with Gasteiger partial charge in [0.25, 0.3) is 0 Å². The molecule has 0 aliphatic heterocycles. The van der Waals surface area contributed by atoms with Crippen LogP contribution in [-0.2, 0) is 6.54 Å². The van der Waals surface area contributed by atoms with Crippen LogP contribution in [0.4, 0.5) is 4.39 Å². The Hall–Kier alpha value is -2.96. The summed E-state index contributed by atoms with van der Waals surface area (Å²) in [6.07, 6.45) is 2.05. The van der Waals surface area contributed by atoms with Crippen molar-refractivity contribution in [3.05, 3.63) is 94.9 Å². The summed E-state index contributed by atoms with van der Waals surface area (Å²) in [6, 6.07) is 24.5. The summed E-state index contributed by atoms with van der Waals surface area (Å²) in [5.41, 5.74) is 4.62. The molecule has 0 spiro atoms. The predicted octanol–water partition coefficient (Wildman–Crippen LogP) is 6.86. The van der Waals surface area contributed by atoms with E-state index in [9.17, 15) is 4.39 Å². The second kappa shape index (κ2) is 9.45. The van der Waals surface area contributed by atoms with Crippen molar-refractivity contribution in [3.63, 3.8) is 0 Å². The summed E-state index contributed by atoms with van der Waals surface area (Å²) in [5.74, 6) is 0.535. The Balaban J connectivity index is 1.81. The highest BCUT2D eigenvalue weighted by Crippen LogP contribution is 2.32. The molecule has 4 rings (SSSR count). The molecule has 0 amide bonds. The van der Waals surface area contributed by atoms with Crippen LogP contribution in [0.15, 0.2) is 83.8 Å². The molecule has 0 radical (unpaired) electrons. The van der Waals surface area contributed by atoms with E-state index < -0.39 is 0 Å². The van der Waals surface area contributed by atoms with E-state index in [-0.39, 0.29) is 5.82 Å². The van der Waals surface area contributed by atoms with Crippen molar-refractivity contribution in [2.45, 2.75) is 11.4 Å². The molecule has 0 fully saturated rings. The third kappa shape index (κ3) is 4.86. The highest BCUT2D eigenvalue weighted by atomic mass is 32.2. The second-order valence-electron chi connectivity index (χ2n) is 6.99. The molecule has 1 heterocycles. The van der Waals surface area contributed by atoms with Crippen LogP contribution in [0.2, 0.25) is 0 Å². The van der Waals surface area contributed by atoms with Gasteiger partial charge in [0.15, 0.2) is 0 Å². The zero-order valence-electron chi connectivity index (χ0n) is 17.2. The monoisotopic (exact) mass is 448 g/mol. The maximum Gasteiger partial charge on any atom is 0.123 e. The van der Waals surface area contributed by atoms with Gasteiger partial charge in [-0.1, -0.05) is 48.6 Å².